The molecule has 0 unspecified atom stereocenters. The van der Waals surface area contributed by atoms with Gasteiger partial charge in [0.1, 0.15) is 6.54 Å². The van der Waals surface area contributed by atoms with Crippen molar-refractivity contribution in [2.24, 2.45) is 5.10 Å². The Kier molecular flexibility index (Phi) is 7.77. The van der Waals surface area contributed by atoms with Gasteiger partial charge in [-0.3, -0.25) is 14.6 Å². The van der Waals surface area contributed by atoms with Crippen LogP contribution in [0.3, 0.4) is 0 Å². The van der Waals surface area contributed by atoms with Crippen molar-refractivity contribution in [1.82, 2.24) is 14.9 Å². The maximum atomic E-state index is 13.1. The van der Waals surface area contributed by atoms with Crippen LogP contribution in [0.15, 0.2) is 78.2 Å². The summed E-state index contributed by atoms with van der Waals surface area (Å²) in [5.74, 6) is -0.568. The first kappa shape index (κ1) is 23.7. The second kappa shape index (κ2) is 11.1. The lowest BCUT2D eigenvalue weighted by atomic mass is 10.2. The van der Waals surface area contributed by atoms with Gasteiger partial charge in [-0.1, -0.05) is 47.5 Å². The molecule has 0 aliphatic carbocycles. The minimum Gasteiger partial charge on any atom is -0.368 e. The third kappa shape index (κ3) is 5.92. The van der Waals surface area contributed by atoms with Gasteiger partial charge in [-0.2, -0.15) is 5.10 Å². The first-order valence-electron chi connectivity index (χ1n) is 10.8. The number of carbonyl (C=O) groups excluding carboxylic acids is 2. The van der Waals surface area contributed by atoms with Crippen molar-refractivity contribution in [2.75, 3.05) is 37.6 Å². The van der Waals surface area contributed by atoms with Crippen LogP contribution in [0.25, 0.3) is 0 Å². The number of benzene rings is 2. The monoisotopic (exact) mass is 495 g/mol. The highest BCUT2D eigenvalue weighted by Crippen LogP contribution is 2.21. The number of aromatic nitrogens is 1. The first-order valence-corrected chi connectivity index (χ1v) is 11.6. The Balaban J connectivity index is 1.46. The van der Waals surface area contributed by atoms with Crippen molar-refractivity contribution in [3.8, 4) is 0 Å². The topological polar surface area (TPSA) is 69.1 Å². The Morgan fingerprint density at radius 1 is 0.971 bits per heavy atom. The molecule has 4 rings (SSSR count). The summed E-state index contributed by atoms with van der Waals surface area (Å²) in [5, 5.41) is 6.67. The van der Waals surface area contributed by atoms with E-state index >= 15 is 0 Å². The Morgan fingerprint density at radius 2 is 1.71 bits per heavy atom. The van der Waals surface area contributed by atoms with E-state index in [9.17, 15) is 9.59 Å². The Hall–Kier alpha value is -3.42. The number of piperazine rings is 1. The molecule has 174 valence electrons. The number of hydrazone groups is 1. The number of nitrogens with zero attached hydrogens (tertiary/aromatic N) is 5. The summed E-state index contributed by atoms with van der Waals surface area (Å²) in [6.07, 6.45) is 4.55. The average molecular weight is 496 g/mol. The van der Waals surface area contributed by atoms with E-state index < -0.39 is 5.91 Å². The fourth-order valence-corrected chi connectivity index (χ4v) is 4.00. The molecule has 2 heterocycles. The van der Waals surface area contributed by atoms with Gasteiger partial charge in [0.2, 0.25) is 5.91 Å². The standard InChI is InChI=1S/C25H23Cl2N5O2/c26-21-5-3-6-22(16-21)30-12-14-31(15-13-30)24(33)18-32(25(34)19-8-10-28-11-9-19)29-17-20-4-1-2-7-23(20)27/h1-11,16-17H,12-15,18H2/b29-17+. The minimum absolute atomic E-state index is 0.176. The van der Waals surface area contributed by atoms with E-state index in [1.165, 1.54) is 23.6 Å². The van der Waals surface area contributed by atoms with Crippen LogP contribution in [-0.4, -0.2) is 65.6 Å². The summed E-state index contributed by atoms with van der Waals surface area (Å²) in [6, 6.07) is 18.0. The third-order valence-electron chi connectivity index (χ3n) is 5.49. The molecule has 34 heavy (non-hydrogen) atoms. The van der Waals surface area contributed by atoms with E-state index in [1.807, 2.05) is 36.4 Å². The van der Waals surface area contributed by atoms with Crippen molar-refractivity contribution >= 4 is 46.9 Å². The highest BCUT2D eigenvalue weighted by molar-refractivity contribution is 6.33. The van der Waals surface area contributed by atoms with Crippen molar-refractivity contribution in [3.63, 3.8) is 0 Å². The van der Waals surface area contributed by atoms with Crippen molar-refractivity contribution in [1.29, 1.82) is 0 Å². The molecule has 1 fully saturated rings. The summed E-state index contributed by atoms with van der Waals surface area (Å²) in [7, 11) is 0. The number of amides is 2. The van der Waals surface area contributed by atoms with Gasteiger partial charge in [-0.05, 0) is 36.4 Å². The number of rotatable bonds is 6. The highest BCUT2D eigenvalue weighted by Gasteiger charge is 2.25. The molecular weight excluding hydrogens is 473 g/mol. The van der Waals surface area contributed by atoms with Gasteiger partial charge < -0.3 is 9.80 Å². The molecule has 0 spiro atoms. The van der Waals surface area contributed by atoms with Crippen LogP contribution >= 0.6 is 23.2 Å². The zero-order valence-electron chi connectivity index (χ0n) is 18.3. The molecule has 1 aliphatic rings. The third-order valence-corrected chi connectivity index (χ3v) is 6.07. The Bertz CT molecular complexity index is 1180. The number of hydrogen-bond donors (Lipinski definition) is 0. The normalized spacial score (nSPS) is 13.8. The van der Waals surface area contributed by atoms with Gasteiger partial charge in [0, 0.05) is 65.4 Å². The molecule has 2 amide bonds. The molecule has 3 aromatic rings. The van der Waals surface area contributed by atoms with Crippen LogP contribution in [-0.2, 0) is 4.79 Å². The predicted octanol–water partition coefficient (Wildman–Crippen LogP) is 4.21. The predicted molar refractivity (Wildman–Crippen MR) is 135 cm³/mol. The number of anilines is 1. The lowest BCUT2D eigenvalue weighted by Gasteiger charge is -2.36. The molecule has 0 radical (unpaired) electrons. The van der Waals surface area contributed by atoms with E-state index in [2.05, 4.69) is 15.0 Å². The van der Waals surface area contributed by atoms with E-state index in [0.29, 0.717) is 47.4 Å². The van der Waals surface area contributed by atoms with E-state index in [0.717, 1.165) is 5.69 Å². The molecule has 7 nitrogen and oxygen atoms in total. The lowest BCUT2D eigenvalue weighted by Crippen LogP contribution is -2.51. The minimum atomic E-state index is -0.392. The van der Waals surface area contributed by atoms with Gasteiger partial charge in [-0.25, -0.2) is 5.01 Å². The Labute approximate surface area is 208 Å². The van der Waals surface area contributed by atoms with Crippen molar-refractivity contribution < 1.29 is 9.59 Å². The second-order valence-corrected chi connectivity index (χ2v) is 8.56. The second-order valence-electron chi connectivity index (χ2n) is 7.71. The maximum Gasteiger partial charge on any atom is 0.274 e. The summed E-state index contributed by atoms with van der Waals surface area (Å²) < 4.78 is 0. The van der Waals surface area contributed by atoms with Crippen LogP contribution in [0.2, 0.25) is 10.0 Å². The molecule has 1 aromatic heterocycles. The summed E-state index contributed by atoms with van der Waals surface area (Å²) in [4.78, 5) is 34.1. The number of pyridine rings is 1. The largest absolute Gasteiger partial charge is 0.368 e. The number of carbonyl (C=O) groups is 2. The highest BCUT2D eigenvalue weighted by atomic mass is 35.5. The number of halogens is 2. The van der Waals surface area contributed by atoms with Gasteiger partial charge >= 0.3 is 0 Å². The average Bonchev–Trinajstić information content (AvgIpc) is 2.87. The van der Waals surface area contributed by atoms with Gasteiger partial charge in [0.15, 0.2) is 0 Å². The van der Waals surface area contributed by atoms with Crippen LogP contribution < -0.4 is 4.90 Å². The maximum absolute atomic E-state index is 13.1. The molecule has 1 aliphatic heterocycles. The van der Waals surface area contributed by atoms with Gasteiger partial charge in [0.25, 0.3) is 5.91 Å². The van der Waals surface area contributed by atoms with E-state index in [4.69, 9.17) is 23.2 Å². The first-order chi connectivity index (χ1) is 16.5. The van der Waals surface area contributed by atoms with Gasteiger partial charge in [-0.15, -0.1) is 0 Å². The molecule has 0 bridgehead atoms. The van der Waals surface area contributed by atoms with Gasteiger partial charge in [0.05, 0.1) is 6.21 Å². The molecular formula is C25H23Cl2N5O2. The Morgan fingerprint density at radius 3 is 2.41 bits per heavy atom. The quantitative estimate of drug-likeness (QED) is 0.379. The zero-order chi connectivity index (χ0) is 23.9. The van der Waals surface area contributed by atoms with Crippen LogP contribution in [0.4, 0.5) is 5.69 Å². The SMILES string of the molecule is O=C(CN(/N=C/c1ccccc1Cl)C(=O)c1ccncc1)N1CCN(c2cccc(Cl)c2)CC1. The summed E-state index contributed by atoms with van der Waals surface area (Å²) >= 11 is 12.3. The molecule has 0 saturated carbocycles. The summed E-state index contributed by atoms with van der Waals surface area (Å²) in [5.41, 5.74) is 2.07. The smallest absolute Gasteiger partial charge is 0.274 e. The molecule has 1 saturated heterocycles. The van der Waals surface area contributed by atoms with Crippen LogP contribution in [0.5, 0.6) is 0 Å². The molecule has 9 heteroatoms. The van der Waals surface area contributed by atoms with E-state index in [1.54, 1.807) is 29.2 Å². The molecule has 0 atom stereocenters. The fraction of sp³-hybridized carbons (Fsp3) is 0.200. The van der Waals surface area contributed by atoms with Crippen molar-refractivity contribution in [2.45, 2.75) is 0 Å². The fourth-order valence-electron chi connectivity index (χ4n) is 3.64. The van der Waals surface area contributed by atoms with Crippen LogP contribution in [0.1, 0.15) is 15.9 Å². The number of hydrogen-bond acceptors (Lipinski definition) is 5. The van der Waals surface area contributed by atoms with Crippen LogP contribution in [0, 0.1) is 0 Å². The zero-order valence-corrected chi connectivity index (χ0v) is 19.9. The van der Waals surface area contributed by atoms with E-state index in [-0.39, 0.29) is 12.5 Å². The van der Waals surface area contributed by atoms with Crippen molar-refractivity contribution in [3.05, 3.63) is 94.2 Å². The summed E-state index contributed by atoms with van der Waals surface area (Å²) in [6.45, 7) is 2.24. The molecule has 0 N–H and O–H groups in total. The molecule has 2 aromatic carbocycles. The lowest BCUT2D eigenvalue weighted by molar-refractivity contribution is -0.132.